The van der Waals surface area contributed by atoms with Crippen LogP contribution in [0.5, 0.6) is 0 Å². The molecule has 20 heavy (non-hydrogen) atoms. The number of nitrogens with zero attached hydrogens (tertiary/aromatic N) is 1. The summed E-state index contributed by atoms with van der Waals surface area (Å²) in [4.78, 5) is 16.5. The molecule has 1 fully saturated rings. The van der Waals surface area contributed by atoms with Crippen molar-refractivity contribution in [3.8, 4) is 0 Å². The van der Waals surface area contributed by atoms with Gasteiger partial charge in [-0.15, -0.1) is 0 Å². The smallest absolute Gasteiger partial charge is 0.251 e. The van der Waals surface area contributed by atoms with Gasteiger partial charge in [0, 0.05) is 18.5 Å². The summed E-state index contributed by atoms with van der Waals surface area (Å²) in [6.07, 6.45) is 7.19. The van der Waals surface area contributed by atoms with Crippen molar-refractivity contribution in [2.24, 2.45) is 0 Å². The lowest BCUT2D eigenvalue weighted by Gasteiger charge is -2.16. The van der Waals surface area contributed by atoms with E-state index in [1.165, 1.54) is 25.7 Å². The maximum atomic E-state index is 12.3. The van der Waals surface area contributed by atoms with Gasteiger partial charge in [0.05, 0.1) is 0 Å². The van der Waals surface area contributed by atoms with Gasteiger partial charge in [-0.1, -0.05) is 25.7 Å². The summed E-state index contributed by atoms with van der Waals surface area (Å²) in [6.45, 7) is 1.81. The van der Waals surface area contributed by atoms with Crippen molar-refractivity contribution < 1.29 is 9.21 Å². The standard InChI is InChI=1S/C16H20N2O2/c1-11-17-14-9-8-12(10-15(14)20-11)16(19)18-13-6-4-2-3-5-7-13/h8-10,13H,2-7H2,1H3,(H,18,19). The zero-order chi connectivity index (χ0) is 13.9. The molecule has 1 N–H and O–H groups in total. The Morgan fingerprint density at radius 3 is 2.75 bits per heavy atom. The lowest BCUT2D eigenvalue weighted by molar-refractivity contribution is 0.0933. The quantitative estimate of drug-likeness (QED) is 0.850. The zero-order valence-corrected chi connectivity index (χ0v) is 11.8. The molecule has 1 aromatic carbocycles. The van der Waals surface area contributed by atoms with Gasteiger partial charge < -0.3 is 9.73 Å². The van der Waals surface area contributed by atoms with Crippen molar-refractivity contribution in [2.45, 2.75) is 51.5 Å². The fourth-order valence-electron chi connectivity index (χ4n) is 2.87. The van der Waals surface area contributed by atoms with Crippen LogP contribution in [-0.2, 0) is 0 Å². The van der Waals surface area contributed by atoms with Gasteiger partial charge in [-0.25, -0.2) is 4.98 Å². The van der Waals surface area contributed by atoms with E-state index in [1.54, 1.807) is 6.07 Å². The molecule has 1 aromatic heterocycles. The molecule has 4 heteroatoms. The average Bonchev–Trinajstić information content (AvgIpc) is 2.62. The zero-order valence-electron chi connectivity index (χ0n) is 11.8. The van der Waals surface area contributed by atoms with Crippen molar-refractivity contribution >= 4 is 17.0 Å². The summed E-state index contributed by atoms with van der Waals surface area (Å²) in [7, 11) is 0. The third kappa shape index (κ3) is 2.84. The molecule has 0 saturated heterocycles. The molecule has 1 heterocycles. The lowest BCUT2D eigenvalue weighted by Crippen LogP contribution is -2.34. The van der Waals surface area contributed by atoms with E-state index in [1.807, 2.05) is 19.1 Å². The Morgan fingerprint density at radius 2 is 2.00 bits per heavy atom. The SMILES string of the molecule is Cc1nc2ccc(C(=O)NC3CCCCCC3)cc2o1. The Balaban J connectivity index is 1.74. The van der Waals surface area contributed by atoms with Crippen LogP contribution in [0.2, 0.25) is 0 Å². The lowest BCUT2D eigenvalue weighted by atomic mass is 10.1. The summed E-state index contributed by atoms with van der Waals surface area (Å²) in [5.41, 5.74) is 2.13. The number of nitrogens with one attached hydrogen (secondary N) is 1. The predicted molar refractivity (Wildman–Crippen MR) is 77.7 cm³/mol. The van der Waals surface area contributed by atoms with Crippen LogP contribution < -0.4 is 5.32 Å². The fraction of sp³-hybridized carbons (Fsp3) is 0.500. The van der Waals surface area contributed by atoms with Crippen LogP contribution in [0.1, 0.15) is 54.8 Å². The van der Waals surface area contributed by atoms with E-state index in [0.717, 1.165) is 18.4 Å². The van der Waals surface area contributed by atoms with E-state index < -0.39 is 0 Å². The largest absolute Gasteiger partial charge is 0.441 e. The number of oxazole rings is 1. The molecule has 3 rings (SSSR count). The van der Waals surface area contributed by atoms with Gasteiger partial charge in [0.25, 0.3) is 5.91 Å². The Bertz CT molecular complexity index is 610. The second-order valence-electron chi connectivity index (χ2n) is 5.58. The first-order chi connectivity index (χ1) is 9.72. The molecular weight excluding hydrogens is 252 g/mol. The number of aromatic nitrogens is 1. The molecular formula is C16H20N2O2. The van der Waals surface area contributed by atoms with Gasteiger partial charge in [0.1, 0.15) is 5.52 Å². The van der Waals surface area contributed by atoms with Crippen molar-refractivity contribution in [1.29, 1.82) is 0 Å². The molecule has 1 amide bonds. The highest BCUT2D eigenvalue weighted by molar-refractivity contribution is 5.97. The highest BCUT2D eigenvalue weighted by Crippen LogP contribution is 2.19. The molecule has 0 atom stereocenters. The molecule has 0 bridgehead atoms. The van der Waals surface area contributed by atoms with Crippen molar-refractivity contribution in [1.82, 2.24) is 10.3 Å². The fourth-order valence-corrected chi connectivity index (χ4v) is 2.87. The molecule has 1 aliphatic carbocycles. The summed E-state index contributed by atoms with van der Waals surface area (Å²) in [6, 6.07) is 5.75. The molecule has 0 radical (unpaired) electrons. The molecule has 4 nitrogen and oxygen atoms in total. The third-order valence-corrected chi connectivity index (χ3v) is 3.95. The summed E-state index contributed by atoms with van der Waals surface area (Å²) in [5, 5.41) is 3.15. The van der Waals surface area contributed by atoms with Crippen LogP contribution in [0.4, 0.5) is 0 Å². The van der Waals surface area contributed by atoms with E-state index >= 15 is 0 Å². The Morgan fingerprint density at radius 1 is 1.25 bits per heavy atom. The second kappa shape index (κ2) is 5.65. The molecule has 1 aliphatic rings. The van der Waals surface area contributed by atoms with Crippen LogP contribution in [-0.4, -0.2) is 16.9 Å². The second-order valence-corrected chi connectivity index (χ2v) is 5.58. The normalized spacial score (nSPS) is 17.1. The van der Waals surface area contributed by atoms with E-state index in [4.69, 9.17) is 4.42 Å². The van der Waals surface area contributed by atoms with Gasteiger partial charge in [-0.2, -0.15) is 0 Å². The Kier molecular flexibility index (Phi) is 3.72. The van der Waals surface area contributed by atoms with E-state index in [9.17, 15) is 4.79 Å². The molecule has 0 aliphatic heterocycles. The predicted octanol–water partition coefficient (Wildman–Crippen LogP) is 3.59. The number of hydrogen-bond donors (Lipinski definition) is 1. The summed E-state index contributed by atoms with van der Waals surface area (Å²) in [5.74, 6) is 0.620. The van der Waals surface area contributed by atoms with Crippen LogP contribution in [0.15, 0.2) is 22.6 Å². The van der Waals surface area contributed by atoms with Crippen LogP contribution in [0, 0.1) is 6.92 Å². The highest BCUT2D eigenvalue weighted by Gasteiger charge is 2.16. The molecule has 106 valence electrons. The minimum Gasteiger partial charge on any atom is -0.441 e. The maximum Gasteiger partial charge on any atom is 0.251 e. The minimum absolute atomic E-state index is 0.00662. The van der Waals surface area contributed by atoms with E-state index in [-0.39, 0.29) is 5.91 Å². The molecule has 1 saturated carbocycles. The van der Waals surface area contributed by atoms with Gasteiger partial charge in [0.15, 0.2) is 11.5 Å². The monoisotopic (exact) mass is 272 g/mol. The number of carbonyl (C=O) groups excluding carboxylic acids is 1. The first-order valence-corrected chi connectivity index (χ1v) is 7.40. The Labute approximate surface area is 118 Å². The number of benzene rings is 1. The first kappa shape index (κ1) is 13.2. The van der Waals surface area contributed by atoms with Crippen LogP contribution in [0.3, 0.4) is 0 Å². The Hall–Kier alpha value is -1.84. The highest BCUT2D eigenvalue weighted by atomic mass is 16.3. The van der Waals surface area contributed by atoms with Gasteiger partial charge in [-0.3, -0.25) is 4.79 Å². The maximum absolute atomic E-state index is 12.3. The van der Waals surface area contributed by atoms with Crippen molar-refractivity contribution in [3.63, 3.8) is 0 Å². The summed E-state index contributed by atoms with van der Waals surface area (Å²) < 4.78 is 5.48. The third-order valence-electron chi connectivity index (χ3n) is 3.95. The number of fused-ring (bicyclic) bond motifs is 1. The number of aryl methyl sites for hydroxylation is 1. The number of rotatable bonds is 2. The van der Waals surface area contributed by atoms with Gasteiger partial charge >= 0.3 is 0 Å². The minimum atomic E-state index is -0.00662. The molecule has 2 aromatic rings. The van der Waals surface area contributed by atoms with Gasteiger partial charge in [-0.05, 0) is 31.0 Å². The number of hydrogen-bond acceptors (Lipinski definition) is 3. The van der Waals surface area contributed by atoms with E-state index in [0.29, 0.717) is 23.1 Å². The van der Waals surface area contributed by atoms with Crippen LogP contribution in [0.25, 0.3) is 11.1 Å². The molecule has 0 unspecified atom stereocenters. The number of carbonyl (C=O) groups is 1. The van der Waals surface area contributed by atoms with Crippen molar-refractivity contribution in [2.75, 3.05) is 0 Å². The van der Waals surface area contributed by atoms with Gasteiger partial charge in [0.2, 0.25) is 0 Å². The first-order valence-electron chi connectivity index (χ1n) is 7.40. The number of amides is 1. The summed E-state index contributed by atoms with van der Waals surface area (Å²) >= 11 is 0. The topological polar surface area (TPSA) is 55.1 Å². The van der Waals surface area contributed by atoms with Crippen molar-refractivity contribution in [3.05, 3.63) is 29.7 Å². The van der Waals surface area contributed by atoms with E-state index in [2.05, 4.69) is 10.3 Å². The average molecular weight is 272 g/mol. The molecule has 0 spiro atoms. The van der Waals surface area contributed by atoms with Crippen LogP contribution >= 0.6 is 0 Å².